The van der Waals surface area contributed by atoms with Gasteiger partial charge < -0.3 is 10.5 Å². The average Bonchev–Trinajstić information content (AvgIpc) is 2.41. The minimum absolute atomic E-state index is 0.177. The molecule has 0 radical (unpaired) electrons. The summed E-state index contributed by atoms with van der Waals surface area (Å²) >= 11 is 0. The fraction of sp³-hybridized carbons (Fsp3) is 0.667. The van der Waals surface area contributed by atoms with Crippen molar-refractivity contribution in [3.63, 3.8) is 0 Å². The molecule has 2 atom stereocenters. The number of likely N-dealkylation sites (tertiary alicyclic amines) is 1. The van der Waals surface area contributed by atoms with E-state index in [2.05, 4.69) is 14.9 Å². The van der Waals surface area contributed by atoms with Crippen molar-refractivity contribution in [3.8, 4) is 0 Å². The highest BCUT2D eigenvalue weighted by Gasteiger charge is 2.26. The Bertz CT molecular complexity index is 333. The number of nitrogens with two attached hydrogens (primary N) is 1. The van der Waals surface area contributed by atoms with Crippen molar-refractivity contribution in [2.75, 3.05) is 26.7 Å². The minimum Gasteiger partial charge on any atom is -0.380 e. The van der Waals surface area contributed by atoms with Crippen LogP contribution in [0.5, 0.6) is 0 Å². The second-order valence-corrected chi connectivity index (χ2v) is 4.38. The van der Waals surface area contributed by atoms with Crippen molar-refractivity contribution >= 4 is 0 Å². The van der Waals surface area contributed by atoms with E-state index in [4.69, 9.17) is 10.5 Å². The van der Waals surface area contributed by atoms with Crippen molar-refractivity contribution < 1.29 is 4.74 Å². The van der Waals surface area contributed by atoms with E-state index in [1.807, 2.05) is 6.07 Å². The molecule has 0 saturated carbocycles. The molecule has 1 saturated heterocycles. The van der Waals surface area contributed by atoms with Gasteiger partial charge in [0, 0.05) is 26.4 Å². The van der Waals surface area contributed by atoms with Gasteiger partial charge in [0.05, 0.1) is 17.8 Å². The SMILES string of the molecule is COC1CCCN(C(CN)c2ccncn2)C1. The van der Waals surface area contributed by atoms with E-state index < -0.39 is 0 Å². The van der Waals surface area contributed by atoms with Gasteiger partial charge in [0.15, 0.2) is 0 Å². The smallest absolute Gasteiger partial charge is 0.115 e. The van der Waals surface area contributed by atoms with Gasteiger partial charge >= 0.3 is 0 Å². The molecule has 1 aliphatic rings. The first-order chi connectivity index (χ1) is 8.35. The first-order valence-corrected chi connectivity index (χ1v) is 6.08. The lowest BCUT2D eigenvalue weighted by Gasteiger charge is -2.36. The number of hydrogen-bond acceptors (Lipinski definition) is 5. The monoisotopic (exact) mass is 236 g/mol. The van der Waals surface area contributed by atoms with Crippen LogP contribution < -0.4 is 5.73 Å². The molecular weight excluding hydrogens is 216 g/mol. The highest BCUT2D eigenvalue weighted by molar-refractivity contribution is 5.06. The van der Waals surface area contributed by atoms with Crippen LogP contribution >= 0.6 is 0 Å². The summed E-state index contributed by atoms with van der Waals surface area (Å²) in [4.78, 5) is 10.6. The number of aromatic nitrogens is 2. The summed E-state index contributed by atoms with van der Waals surface area (Å²) in [5.74, 6) is 0. The highest BCUT2D eigenvalue weighted by Crippen LogP contribution is 2.23. The maximum Gasteiger partial charge on any atom is 0.115 e. The Labute approximate surface area is 102 Å². The molecule has 2 unspecified atom stereocenters. The van der Waals surface area contributed by atoms with Crippen molar-refractivity contribution in [2.45, 2.75) is 25.0 Å². The van der Waals surface area contributed by atoms with Crippen LogP contribution in [0.1, 0.15) is 24.6 Å². The van der Waals surface area contributed by atoms with E-state index in [0.717, 1.165) is 31.6 Å². The van der Waals surface area contributed by atoms with Gasteiger partial charge in [-0.25, -0.2) is 9.97 Å². The van der Waals surface area contributed by atoms with E-state index in [-0.39, 0.29) is 6.04 Å². The molecule has 2 rings (SSSR count). The Balaban J connectivity index is 2.08. The molecule has 94 valence electrons. The molecule has 5 heteroatoms. The summed E-state index contributed by atoms with van der Waals surface area (Å²) in [6, 6.07) is 2.12. The van der Waals surface area contributed by atoms with E-state index in [9.17, 15) is 0 Å². The molecule has 0 spiro atoms. The molecule has 0 bridgehead atoms. The van der Waals surface area contributed by atoms with Crippen molar-refractivity contribution in [1.82, 2.24) is 14.9 Å². The standard InChI is InChI=1S/C12H20N4O/c1-17-10-3-2-6-16(8-10)12(7-13)11-4-5-14-9-15-11/h4-5,9-10,12H,2-3,6-8,13H2,1H3. The Hall–Kier alpha value is -1.04. The summed E-state index contributed by atoms with van der Waals surface area (Å²) < 4.78 is 5.44. The first-order valence-electron chi connectivity index (χ1n) is 6.08. The molecule has 5 nitrogen and oxygen atoms in total. The third-order valence-electron chi connectivity index (χ3n) is 3.35. The normalized spacial score (nSPS) is 23.5. The zero-order valence-electron chi connectivity index (χ0n) is 10.2. The number of ether oxygens (including phenoxy) is 1. The van der Waals surface area contributed by atoms with E-state index >= 15 is 0 Å². The number of rotatable bonds is 4. The van der Waals surface area contributed by atoms with Crippen molar-refractivity contribution in [2.24, 2.45) is 5.73 Å². The van der Waals surface area contributed by atoms with Gasteiger partial charge in [-0.2, -0.15) is 0 Å². The van der Waals surface area contributed by atoms with Gasteiger partial charge in [-0.05, 0) is 25.5 Å². The largest absolute Gasteiger partial charge is 0.380 e. The lowest BCUT2D eigenvalue weighted by molar-refractivity contribution is 0.0148. The third kappa shape index (κ3) is 3.00. The molecule has 0 aliphatic carbocycles. The van der Waals surface area contributed by atoms with Crippen molar-refractivity contribution in [1.29, 1.82) is 0 Å². The maximum atomic E-state index is 5.88. The van der Waals surface area contributed by atoms with Gasteiger partial charge in [-0.1, -0.05) is 0 Å². The molecule has 2 heterocycles. The summed E-state index contributed by atoms with van der Waals surface area (Å²) in [6.45, 7) is 2.57. The van der Waals surface area contributed by atoms with Gasteiger partial charge in [0.25, 0.3) is 0 Å². The third-order valence-corrected chi connectivity index (χ3v) is 3.35. The molecule has 2 N–H and O–H groups in total. The Morgan fingerprint density at radius 3 is 3.18 bits per heavy atom. The van der Waals surface area contributed by atoms with Crippen LogP contribution in [0.3, 0.4) is 0 Å². The lowest BCUT2D eigenvalue weighted by atomic mass is 10.0. The fourth-order valence-electron chi connectivity index (χ4n) is 2.40. The number of methoxy groups -OCH3 is 1. The fourth-order valence-corrected chi connectivity index (χ4v) is 2.40. The molecule has 1 aromatic rings. The van der Waals surface area contributed by atoms with Crippen LogP contribution in [0.25, 0.3) is 0 Å². The molecular formula is C12H20N4O. The topological polar surface area (TPSA) is 64.3 Å². The molecule has 1 fully saturated rings. The minimum atomic E-state index is 0.177. The predicted octanol–water partition coefficient (Wildman–Crippen LogP) is 0.587. The van der Waals surface area contributed by atoms with Gasteiger partial charge in [-0.15, -0.1) is 0 Å². The van der Waals surface area contributed by atoms with E-state index in [0.29, 0.717) is 12.6 Å². The molecule has 0 amide bonds. The zero-order chi connectivity index (χ0) is 12.1. The van der Waals surface area contributed by atoms with Crippen molar-refractivity contribution in [3.05, 3.63) is 24.3 Å². The van der Waals surface area contributed by atoms with Gasteiger partial charge in [0.1, 0.15) is 6.33 Å². The Kier molecular flexibility index (Phi) is 4.42. The van der Waals surface area contributed by atoms with Crippen LogP contribution in [0.4, 0.5) is 0 Å². The van der Waals surface area contributed by atoms with Crippen LogP contribution in [-0.4, -0.2) is 47.7 Å². The molecule has 17 heavy (non-hydrogen) atoms. The van der Waals surface area contributed by atoms with E-state index in [1.54, 1.807) is 19.6 Å². The van der Waals surface area contributed by atoms with E-state index in [1.165, 1.54) is 0 Å². The molecule has 1 aromatic heterocycles. The number of hydrogen-bond donors (Lipinski definition) is 1. The number of piperidine rings is 1. The van der Waals surface area contributed by atoms with Gasteiger partial charge in [0.2, 0.25) is 0 Å². The summed E-state index contributed by atoms with van der Waals surface area (Å²) in [5, 5.41) is 0. The molecule has 1 aliphatic heterocycles. The van der Waals surface area contributed by atoms with Crippen LogP contribution in [-0.2, 0) is 4.74 Å². The second kappa shape index (κ2) is 6.05. The highest BCUT2D eigenvalue weighted by atomic mass is 16.5. The quantitative estimate of drug-likeness (QED) is 0.828. The zero-order valence-corrected chi connectivity index (χ0v) is 10.2. The van der Waals surface area contributed by atoms with Gasteiger partial charge in [-0.3, -0.25) is 4.90 Å². The Morgan fingerprint density at radius 1 is 1.65 bits per heavy atom. The van der Waals surface area contributed by atoms with Crippen LogP contribution in [0.2, 0.25) is 0 Å². The first kappa shape index (κ1) is 12.4. The van der Waals surface area contributed by atoms with Crippen LogP contribution in [0, 0.1) is 0 Å². The summed E-state index contributed by atoms with van der Waals surface area (Å²) in [5.41, 5.74) is 6.88. The second-order valence-electron chi connectivity index (χ2n) is 4.38. The summed E-state index contributed by atoms with van der Waals surface area (Å²) in [6.07, 6.45) is 5.95. The molecule has 0 aromatic carbocycles. The maximum absolute atomic E-state index is 5.88. The number of nitrogens with zero attached hydrogens (tertiary/aromatic N) is 3. The van der Waals surface area contributed by atoms with Crippen LogP contribution in [0.15, 0.2) is 18.6 Å². The lowest BCUT2D eigenvalue weighted by Crippen LogP contribution is -2.44. The average molecular weight is 236 g/mol. The summed E-state index contributed by atoms with van der Waals surface area (Å²) in [7, 11) is 1.77. The Morgan fingerprint density at radius 2 is 2.53 bits per heavy atom. The predicted molar refractivity (Wildman–Crippen MR) is 65.4 cm³/mol.